The van der Waals surface area contributed by atoms with Crippen LogP contribution in [0.15, 0.2) is 60.8 Å². The molecule has 1 aromatic heterocycles. The van der Waals surface area contributed by atoms with E-state index in [1.807, 2.05) is 34.1 Å². The number of nitrogens with two attached hydrogens (primary N) is 4. The van der Waals surface area contributed by atoms with Gasteiger partial charge in [0.1, 0.15) is 66.5 Å². The Labute approximate surface area is 648 Å². The molecule has 0 aliphatic rings. The van der Waals surface area contributed by atoms with Crippen molar-refractivity contribution in [2.24, 2.45) is 22.9 Å². The van der Waals surface area contributed by atoms with Gasteiger partial charge in [0.25, 0.3) is 0 Å². The van der Waals surface area contributed by atoms with Gasteiger partial charge >= 0.3 is 29.8 Å². The lowest BCUT2D eigenvalue weighted by Crippen LogP contribution is -2.60. The number of hydrogen-bond acceptors (Lipinski definition) is 23. The van der Waals surface area contributed by atoms with Gasteiger partial charge in [-0.1, -0.05) is 48.5 Å². The van der Waals surface area contributed by atoms with Gasteiger partial charge in [-0.25, -0.2) is 4.79 Å². The van der Waals surface area contributed by atoms with Crippen LogP contribution >= 0.6 is 11.8 Å². The number of benzene rings is 2. The van der Waals surface area contributed by atoms with Crippen molar-refractivity contribution in [1.82, 2.24) is 79.4 Å². The number of carbonyl (C=O) groups is 18. The minimum atomic E-state index is -2.21. The zero-order valence-corrected chi connectivity index (χ0v) is 62.2. The van der Waals surface area contributed by atoms with Crippen LogP contribution in [0.1, 0.15) is 95.1 Å². The van der Waals surface area contributed by atoms with Crippen LogP contribution in [0.5, 0.6) is 0 Å². The number of aliphatic hydroxyl groups excluding tert-OH is 1. The maximum absolute atomic E-state index is 14.3. The Morgan fingerprint density at radius 3 is 1.33 bits per heavy atom. The molecule has 0 bridgehead atoms. The number of para-hydroxylation sites is 1. The molecule has 2 aromatic carbocycles. The number of aliphatic hydroxyl groups is 1. The van der Waals surface area contributed by atoms with Crippen LogP contribution in [0, 0.1) is 10.8 Å². The van der Waals surface area contributed by atoms with Gasteiger partial charge in [-0.2, -0.15) is 11.8 Å². The van der Waals surface area contributed by atoms with Crippen molar-refractivity contribution in [3.8, 4) is 0 Å². The number of aliphatic carboxylic acids is 5. The molecular formula is C67H97N21O24S. The quantitative estimate of drug-likeness (QED) is 0.0142. The summed E-state index contributed by atoms with van der Waals surface area (Å²) in [6, 6.07) is -5.89. The van der Waals surface area contributed by atoms with E-state index in [9.17, 15) is 117 Å². The van der Waals surface area contributed by atoms with Gasteiger partial charge in [-0.05, 0) is 87.5 Å². The van der Waals surface area contributed by atoms with Crippen LogP contribution < -0.4 is 97.4 Å². The molecule has 0 radical (unpaired) electrons. The fourth-order valence-corrected chi connectivity index (χ4v) is 11.1. The number of H-pyrrole nitrogens is 1. The molecule has 113 heavy (non-hydrogen) atoms. The number of aromatic nitrogens is 1. The fourth-order valence-electron chi connectivity index (χ4n) is 10.6. The molecule has 1 heterocycles. The third-order valence-corrected chi connectivity index (χ3v) is 17.1. The highest BCUT2D eigenvalue weighted by Gasteiger charge is 2.37. The third kappa shape index (κ3) is 35.7. The van der Waals surface area contributed by atoms with Crippen molar-refractivity contribution in [3.05, 3.63) is 71.9 Å². The van der Waals surface area contributed by atoms with Crippen molar-refractivity contribution in [2.45, 2.75) is 169 Å². The van der Waals surface area contributed by atoms with Gasteiger partial charge in [0, 0.05) is 49.5 Å². The Morgan fingerprint density at radius 1 is 0.442 bits per heavy atom. The minimum absolute atomic E-state index is 0.00925. The van der Waals surface area contributed by atoms with Gasteiger partial charge < -0.3 is 133 Å². The van der Waals surface area contributed by atoms with Crippen LogP contribution in [0.4, 0.5) is 0 Å². The third-order valence-electron chi connectivity index (χ3n) is 16.5. The second-order valence-corrected chi connectivity index (χ2v) is 26.5. The Bertz CT molecular complexity index is 3910. The van der Waals surface area contributed by atoms with Crippen molar-refractivity contribution < 1.29 is 117 Å². The van der Waals surface area contributed by atoms with Gasteiger partial charge in [0.05, 0.1) is 38.5 Å². The maximum atomic E-state index is 14.3. The Morgan fingerprint density at radius 2 is 0.858 bits per heavy atom. The first-order chi connectivity index (χ1) is 53.3. The molecule has 0 fully saturated rings. The zero-order valence-electron chi connectivity index (χ0n) is 61.4. The number of thioether (sulfide) groups is 1. The van der Waals surface area contributed by atoms with Crippen LogP contribution in [0.3, 0.4) is 0 Å². The van der Waals surface area contributed by atoms with Crippen molar-refractivity contribution >= 4 is 141 Å². The van der Waals surface area contributed by atoms with Gasteiger partial charge in [-0.3, -0.25) is 92.3 Å². The first kappa shape index (κ1) is 94.5. The van der Waals surface area contributed by atoms with Crippen molar-refractivity contribution in [3.63, 3.8) is 0 Å². The summed E-state index contributed by atoms with van der Waals surface area (Å²) in [7, 11) is 0. The number of carboxylic acids is 5. The molecule has 0 aliphatic carbocycles. The summed E-state index contributed by atoms with van der Waals surface area (Å²) in [5, 5.41) is 106. The molecule has 0 aliphatic heterocycles. The molecule has 46 heteroatoms. The maximum Gasteiger partial charge on any atom is 0.326 e. The summed E-state index contributed by atoms with van der Waals surface area (Å²) >= 11 is 1.32. The van der Waals surface area contributed by atoms with E-state index in [0.29, 0.717) is 11.3 Å². The summed E-state index contributed by atoms with van der Waals surface area (Å²) in [5.41, 5.74) is 24.2. The van der Waals surface area contributed by atoms with E-state index in [0.717, 1.165) is 23.4 Å². The number of aromatic amines is 1. The summed E-state index contributed by atoms with van der Waals surface area (Å²) in [6.45, 7) is -1.33. The second-order valence-electron chi connectivity index (χ2n) is 25.5. The van der Waals surface area contributed by atoms with Gasteiger partial charge in [-0.15, -0.1) is 0 Å². The topological polar surface area (TPSA) is 765 Å². The van der Waals surface area contributed by atoms with E-state index < -0.39 is 249 Å². The van der Waals surface area contributed by atoms with Crippen LogP contribution in [0.25, 0.3) is 10.9 Å². The number of guanidine groups is 2. The standard InChI is InChI=1S/C67H97N21O24S/c1-32(54(100)80-40(16-18-50(92)93)59(105)85-44(27-52(96)97)62(108)83-41(17-19-51(94)95)60(106)87-46(65(111)112)26-48(69)90)78-64(110)47(31-89)88-58(104)39(15-9-22-75-67(72)73)82-57(103)38(14-8-21-74-66(70)71)79-49(91)30-77-56(102)43(24-33-10-4-3-5-11-33)84-63(109)45(28-53(98)99)86-61(107)42(20-23-113-2)81-55(101)36(68)25-34-29-76-37-13-7-6-12-35(34)37/h3-7,10-13,29,32,36,38-47,76,89H,8-9,14-28,30-31,68H2,1-2H3,(H2,69,90)(H,77,102)(H,78,110)(H,79,91)(H,80,100)(H,81,101)(H,82,103)(H,83,108)(H,84,109)(H,85,105)(H,86,107)(H,87,106)(H,88,104)(H,92,93)(H,94,95)(H,96,97)(H,98,99)(H,111,112)(H4,70,71,74)(H4,72,73,75). The lowest BCUT2D eigenvalue weighted by Gasteiger charge is -2.27. The Balaban J connectivity index is 1.85. The average Bonchev–Trinajstić information content (AvgIpc) is 1.75. The molecule has 31 N–H and O–H groups in total. The lowest BCUT2D eigenvalue weighted by atomic mass is 10.0. The van der Waals surface area contributed by atoms with E-state index in [2.05, 4.69) is 63.5 Å². The normalized spacial score (nSPS) is 14.1. The number of rotatable bonds is 53. The number of carbonyl (C=O) groups excluding carboxylic acids is 13. The highest BCUT2D eigenvalue weighted by Crippen LogP contribution is 2.19. The largest absolute Gasteiger partial charge is 0.481 e. The molecule has 12 unspecified atom stereocenters. The number of hydrogen-bond donors (Lipinski definition) is 27. The molecule has 0 saturated heterocycles. The molecule has 45 nitrogen and oxygen atoms in total. The summed E-state index contributed by atoms with van der Waals surface area (Å²) in [4.78, 5) is 240. The molecule has 0 saturated carbocycles. The highest BCUT2D eigenvalue weighted by molar-refractivity contribution is 7.98. The average molecular weight is 1610 g/mol. The highest BCUT2D eigenvalue weighted by atomic mass is 32.2. The number of carboxylic acid groups (broad SMARTS) is 5. The smallest absolute Gasteiger partial charge is 0.326 e. The first-order valence-corrected chi connectivity index (χ1v) is 36.3. The molecule has 13 amide bonds. The van der Waals surface area contributed by atoms with E-state index in [1.165, 1.54) is 11.8 Å². The van der Waals surface area contributed by atoms with Gasteiger partial charge in [0.2, 0.25) is 76.8 Å². The Kier molecular flexibility index (Phi) is 40.7. The number of amides is 13. The summed E-state index contributed by atoms with van der Waals surface area (Å²) in [5.74, 6) is -24.3. The molecule has 620 valence electrons. The van der Waals surface area contributed by atoms with Crippen LogP contribution in [0.2, 0.25) is 0 Å². The lowest BCUT2D eigenvalue weighted by molar-refractivity contribution is -0.144. The van der Waals surface area contributed by atoms with E-state index in [1.54, 1.807) is 48.9 Å². The number of primary amides is 1. The second kappa shape index (κ2) is 48.7. The predicted octanol–water partition coefficient (Wildman–Crippen LogP) is -8.34. The zero-order chi connectivity index (χ0) is 84.6. The monoisotopic (exact) mass is 1610 g/mol. The van der Waals surface area contributed by atoms with E-state index in [-0.39, 0.29) is 58.0 Å². The SMILES string of the molecule is CSCCC(NC(=O)C(N)Cc1c[nH]c2ccccc12)C(=O)NC(CC(=O)O)C(=O)NC(Cc1ccccc1)C(=O)NCC(=O)NC(CCCNC(=N)N)C(=O)NC(CCCNC(=N)N)C(=O)NC(CO)C(=O)NC(C)C(=O)NC(CCC(=O)O)C(=O)NC(CC(=O)O)C(=O)NC(CCC(=O)O)C(=O)NC(CC(N)=O)C(=O)O. The number of fused-ring (bicyclic) bond motifs is 1. The van der Waals surface area contributed by atoms with Gasteiger partial charge in [0.15, 0.2) is 11.9 Å². The number of nitrogens with one attached hydrogen (secondary N) is 17. The van der Waals surface area contributed by atoms with Crippen LogP contribution in [-0.2, 0) is 99.1 Å². The molecule has 3 aromatic rings. The first-order valence-electron chi connectivity index (χ1n) is 34.9. The molecular weight excluding hydrogens is 1510 g/mol. The fraction of sp³-hybridized carbons (Fsp3) is 0.493. The van der Waals surface area contributed by atoms with Crippen molar-refractivity contribution in [2.75, 3.05) is 38.2 Å². The summed E-state index contributed by atoms with van der Waals surface area (Å²) < 4.78 is 0. The van der Waals surface area contributed by atoms with Crippen molar-refractivity contribution in [1.29, 1.82) is 10.8 Å². The predicted molar refractivity (Wildman–Crippen MR) is 398 cm³/mol. The molecule has 0 spiro atoms. The van der Waals surface area contributed by atoms with E-state index >= 15 is 0 Å². The Hall–Kier alpha value is -12.7. The molecule has 12 atom stereocenters. The van der Waals surface area contributed by atoms with Crippen LogP contribution in [-0.4, -0.2) is 265 Å². The minimum Gasteiger partial charge on any atom is -0.481 e. The van der Waals surface area contributed by atoms with E-state index in [4.69, 9.17) is 33.8 Å². The molecule has 3 rings (SSSR count). The summed E-state index contributed by atoms with van der Waals surface area (Å²) in [6.07, 6.45) is -4.13.